The van der Waals surface area contributed by atoms with Crippen LogP contribution in [-0.4, -0.2) is 41.9 Å². The van der Waals surface area contributed by atoms with Gasteiger partial charge in [-0.05, 0) is 29.8 Å². The van der Waals surface area contributed by atoms with Gasteiger partial charge in [0.25, 0.3) is 5.56 Å². The number of hydrogen-bond acceptors (Lipinski definition) is 6. The number of carbonyl (C=O) groups is 1. The molecule has 0 aliphatic rings. The molecule has 0 fully saturated rings. The van der Waals surface area contributed by atoms with E-state index in [1.54, 1.807) is 30.5 Å². The van der Waals surface area contributed by atoms with E-state index in [0.717, 1.165) is 10.2 Å². The highest BCUT2D eigenvalue weighted by Crippen LogP contribution is 2.17. The van der Waals surface area contributed by atoms with E-state index in [1.807, 2.05) is 19.1 Å². The number of rotatable bonds is 7. The van der Waals surface area contributed by atoms with Crippen molar-refractivity contribution >= 4 is 16.7 Å². The third-order valence-corrected chi connectivity index (χ3v) is 4.87. The summed E-state index contributed by atoms with van der Waals surface area (Å²) in [4.78, 5) is 26.2. The van der Waals surface area contributed by atoms with Crippen molar-refractivity contribution in [3.8, 4) is 11.4 Å². The third kappa shape index (κ3) is 4.47. The Morgan fingerprint density at radius 3 is 2.74 bits per heavy atom. The van der Waals surface area contributed by atoms with E-state index >= 15 is 0 Å². The van der Waals surface area contributed by atoms with E-state index in [4.69, 9.17) is 0 Å². The molecule has 0 aliphatic carbocycles. The second-order valence-electron chi connectivity index (χ2n) is 7.02. The van der Waals surface area contributed by atoms with Gasteiger partial charge < -0.3 is 5.32 Å². The second-order valence-corrected chi connectivity index (χ2v) is 7.02. The quantitative estimate of drug-likeness (QED) is 0.487. The van der Waals surface area contributed by atoms with Crippen molar-refractivity contribution in [1.82, 2.24) is 35.3 Å². The van der Waals surface area contributed by atoms with Crippen molar-refractivity contribution in [1.29, 1.82) is 0 Å². The lowest BCUT2D eigenvalue weighted by Gasteiger charge is -2.17. The number of nitrogens with zero attached hydrogens (tertiary/aromatic N) is 6. The molecule has 0 radical (unpaired) electrons. The molecular weight excluding hydrogens is 401 g/mol. The lowest BCUT2D eigenvalue weighted by atomic mass is 10.2. The summed E-state index contributed by atoms with van der Waals surface area (Å²) in [6.45, 7) is 1.95. The number of halogens is 1. The number of amides is 1. The number of hydrogen-bond donors (Lipinski definition) is 1. The highest BCUT2D eigenvalue weighted by Gasteiger charge is 2.16. The van der Waals surface area contributed by atoms with Crippen LogP contribution in [0.15, 0.2) is 59.5 Å². The van der Waals surface area contributed by atoms with Gasteiger partial charge in [-0.2, -0.15) is 9.90 Å². The minimum atomic E-state index is -0.467. The van der Waals surface area contributed by atoms with Gasteiger partial charge in [-0.25, -0.2) is 9.07 Å². The first-order valence-corrected chi connectivity index (χ1v) is 9.82. The van der Waals surface area contributed by atoms with E-state index in [-0.39, 0.29) is 42.0 Å². The molecule has 1 amide bonds. The largest absolute Gasteiger partial charge is 0.350 e. The van der Waals surface area contributed by atoms with Crippen molar-refractivity contribution < 1.29 is 9.18 Å². The molecule has 158 valence electrons. The minimum absolute atomic E-state index is 0.102. The Labute approximate surface area is 176 Å². The first-order chi connectivity index (χ1) is 15.0. The van der Waals surface area contributed by atoms with Crippen molar-refractivity contribution in [2.75, 3.05) is 0 Å². The Bertz CT molecular complexity index is 1280. The normalized spacial score (nSPS) is 12.1. The van der Waals surface area contributed by atoms with Crippen molar-refractivity contribution in [3.63, 3.8) is 0 Å². The van der Waals surface area contributed by atoms with Crippen molar-refractivity contribution in [3.05, 3.63) is 70.9 Å². The van der Waals surface area contributed by atoms with Crippen LogP contribution >= 0.6 is 0 Å². The molecule has 1 atom stereocenters. The Morgan fingerprint density at radius 2 is 1.94 bits per heavy atom. The van der Waals surface area contributed by atoms with Crippen LogP contribution in [0.4, 0.5) is 4.39 Å². The molecule has 0 saturated carbocycles. The van der Waals surface area contributed by atoms with Crippen LogP contribution in [0.25, 0.3) is 22.2 Å². The van der Waals surface area contributed by atoms with Gasteiger partial charge in [-0.1, -0.05) is 37.3 Å². The fraction of sp³-hybridized carbons (Fsp3) is 0.238. The Hall–Kier alpha value is -3.95. The summed E-state index contributed by atoms with van der Waals surface area (Å²) in [5.74, 6) is -0.714. The Morgan fingerprint density at radius 1 is 1.16 bits per heavy atom. The number of benzene rings is 2. The van der Waals surface area contributed by atoms with Crippen LogP contribution in [0.1, 0.15) is 13.3 Å². The van der Waals surface area contributed by atoms with Crippen LogP contribution in [0.2, 0.25) is 0 Å². The fourth-order valence-corrected chi connectivity index (χ4v) is 3.21. The van der Waals surface area contributed by atoms with E-state index in [9.17, 15) is 14.0 Å². The standard InChI is InChI=1S/C21H20FN7O2/c1-2-15(12-28-21(31)16-8-4-3-7-14(16)11-23-28)24-19(30)13-29-26-20(25-27-29)17-9-5-6-10-18(17)22/h3-11,15H,2,12-13H2,1H3,(H,24,30)/t15-/m1/s1. The molecule has 2 aromatic heterocycles. The molecule has 0 saturated heterocycles. The van der Waals surface area contributed by atoms with E-state index in [2.05, 4.69) is 25.8 Å². The number of fused-ring (bicyclic) bond motifs is 1. The first kappa shape index (κ1) is 20.3. The summed E-state index contributed by atoms with van der Waals surface area (Å²) >= 11 is 0. The molecule has 4 aromatic rings. The SMILES string of the molecule is CC[C@H](Cn1ncc2ccccc2c1=O)NC(=O)Cn1nnc(-c2ccccc2F)n1. The predicted molar refractivity (Wildman–Crippen MR) is 111 cm³/mol. The molecule has 31 heavy (non-hydrogen) atoms. The smallest absolute Gasteiger partial charge is 0.274 e. The van der Waals surface area contributed by atoms with Gasteiger partial charge in [0.1, 0.15) is 12.4 Å². The number of carbonyl (C=O) groups excluding carboxylic acids is 1. The third-order valence-electron chi connectivity index (χ3n) is 4.87. The first-order valence-electron chi connectivity index (χ1n) is 9.82. The molecule has 0 bridgehead atoms. The average Bonchev–Trinajstić information content (AvgIpc) is 3.23. The van der Waals surface area contributed by atoms with Gasteiger partial charge in [-0.3, -0.25) is 9.59 Å². The highest BCUT2D eigenvalue weighted by atomic mass is 19.1. The summed E-state index contributed by atoms with van der Waals surface area (Å²) in [5, 5.41) is 20.1. The van der Waals surface area contributed by atoms with Crippen molar-refractivity contribution in [2.24, 2.45) is 0 Å². The molecular formula is C21H20FN7O2. The molecule has 0 unspecified atom stereocenters. The highest BCUT2D eigenvalue weighted by molar-refractivity contribution is 5.80. The minimum Gasteiger partial charge on any atom is -0.350 e. The van der Waals surface area contributed by atoms with Crippen LogP contribution in [0.3, 0.4) is 0 Å². The lowest BCUT2D eigenvalue weighted by molar-refractivity contribution is -0.122. The summed E-state index contributed by atoms with van der Waals surface area (Å²) < 4.78 is 15.2. The Balaban J connectivity index is 1.43. The zero-order valence-corrected chi connectivity index (χ0v) is 16.8. The summed E-state index contributed by atoms with van der Waals surface area (Å²) in [6.07, 6.45) is 2.23. The van der Waals surface area contributed by atoms with Crippen molar-refractivity contribution in [2.45, 2.75) is 32.5 Å². The summed E-state index contributed by atoms with van der Waals surface area (Å²) in [5.41, 5.74) is 0.000572. The van der Waals surface area contributed by atoms with Crippen LogP contribution in [0.5, 0.6) is 0 Å². The average molecular weight is 421 g/mol. The fourth-order valence-electron chi connectivity index (χ4n) is 3.21. The van der Waals surface area contributed by atoms with E-state index < -0.39 is 5.82 Å². The molecule has 10 heteroatoms. The van der Waals surface area contributed by atoms with E-state index in [0.29, 0.717) is 11.8 Å². The zero-order chi connectivity index (χ0) is 21.8. The number of tetrazole rings is 1. The van der Waals surface area contributed by atoms with Crippen LogP contribution in [-0.2, 0) is 17.9 Å². The number of aromatic nitrogens is 6. The molecule has 2 heterocycles. The topological polar surface area (TPSA) is 108 Å². The molecule has 0 aliphatic heterocycles. The molecule has 0 spiro atoms. The maximum absolute atomic E-state index is 13.9. The van der Waals surface area contributed by atoms with E-state index in [1.165, 1.54) is 16.8 Å². The molecule has 2 aromatic carbocycles. The molecule has 9 nitrogen and oxygen atoms in total. The van der Waals surface area contributed by atoms with Gasteiger partial charge in [0.15, 0.2) is 0 Å². The number of nitrogens with one attached hydrogen (secondary N) is 1. The maximum Gasteiger partial charge on any atom is 0.274 e. The molecule has 4 rings (SSSR count). The van der Waals surface area contributed by atoms with Gasteiger partial charge in [0.05, 0.1) is 23.7 Å². The Kier molecular flexibility index (Phi) is 5.78. The monoisotopic (exact) mass is 421 g/mol. The zero-order valence-electron chi connectivity index (χ0n) is 16.8. The lowest BCUT2D eigenvalue weighted by Crippen LogP contribution is -2.42. The van der Waals surface area contributed by atoms with Crippen LogP contribution < -0.4 is 10.9 Å². The second kappa shape index (κ2) is 8.82. The van der Waals surface area contributed by atoms with Gasteiger partial charge in [-0.15, -0.1) is 10.2 Å². The maximum atomic E-state index is 13.9. The summed E-state index contributed by atoms with van der Waals surface area (Å²) in [6, 6.07) is 13.0. The van der Waals surface area contributed by atoms with Gasteiger partial charge >= 0.3 is 0 Å². The molecule has 1 N–H and O–H groups in total. The summed E-state index contributed by atoms with van der Waals surface area (Å²) in [7, 11) is 0. The van der Waals surface area contributed by atoms with Gasteiger partial charge in [0, 0.05) is 11.4 Å². The van der Waals surface area contributed by atoms with Gasteiger partial charge in [0.2, 0.25) is 11.7 Å². The van der Waals surface area contributed by atoms with Crippen LogP contribution in [0, 0.1) is 5.82 Å². The predicted octanol–water partition coefficient (Wildman–Crippen LogP) is 1.78.